The number of anilines is 3. The molecule has 1 saturated carbocycles. The van der Waals surface area contributed by atoms with Gasteiger partial charge in [0.05, 0.1) is 17.4 Å². The molecule has 3 heterocycles. The molecule has 1 aliphatic carbocycles. The molecule has 1 aliphatic heterocycles. The molecule has 1 N–H and O–H groups in total. The third kappa shape index (κ3) is 3.98. The van der Waals surface area contributed by atoms with E-state index in [1.54, 1.807) is 0 Å². The van der Waals surface area contributed by atoms with Crippen LogP contribution in [0.2, 0.25) is 0 Å². The van der Waals surface area contributed by atoms with Crippen molar-refractivity contribution in [3.8, 4) is 0 Å². The Bertz CT molecular complexity index is 1020. The number of nitrogens with zero attached hydrogens (tertiary/aromatic N) is 4. The summed E-state index contributed by atoms with van der Waals surface area (Å²) in [6.07, 6.45) is 12.0. The molecule has 2 unspecified atom stereocenters. The van der Waals surface area contributed by atoms with Gasteiger partial charge in [0.15, 0.2) is 0 Å². The van der Waals surface area contributed by atoms with Crippen molar-refractivity contribution in [3.63, 3.8) is 0 Å². The Kier molecular flexibility index (Phi) is 5.52. The van der Waals surface area contributed by atoms with Gasteiger partial charge in [-0.3, -0.25) is 4.98 Å². The predicted molar refractivity (Wildman–Crippen MR) is 123 cm³/mol. The molecule has 0 spiro atoms. The van der Waals surface area contributed by atoms with E-state index in [1.807, 2.05) is 24.4 Å². The van der Waals surface area contributed by atoms with Gasteiger partial charge in [-0.05, 0) is 50.2 Å². The fraction of sp³-hybridized carbons (Fsp3) is 0.480. The lowest BCUT2D eigenvalue weighted by Gasteiger charge is -2.44. The number of hydrogen-bond acceptors (Lipinski definition) is 5. The van der Waals surface area contributed by atoms with Gasteiger partial charge in [0.25, 0.3) is 0 Å². The third-order valence-electron chi connectivity index (χ3n) is 6.66. The van der Waals surface area contributed by atoms with Crippen molar-refractivity contribution in [1.82, 2.24) is 15.0 Å². The first-order chi connectivity index (χ1) is 14.8. The summed E-state index contributed by atoms with van der Waals surface area (Å²) < 4.78 is 0. The predicted octanol–water partition coefficient (Wildman–Crippen LogP) is 5.88. The summed E-state index contributed by atoms with van der Waals surface area (Å²) >= 11 is 0. The zero-order valence-corrected chi connectivity index (χ0v) is 17.8. The van der Waals surface area contributed by atoms with E-state index >= 15 is 0 Å². The molecule has 3 aromatic rings. The van der Waals surface area contributed by atoms with Crippen molar-refractivity contribution in [1.29, 1.82) is 0 Å². The van der Waals surface area contributed by atoms with Crippen molar-refractivity contribution in [2.24, 2.45) is 5.92 Å². The summed E-state index contributed by atoms with van der Waals surface area (Å²) in [6, 6.07) is 13.2. The Hall–Kier alpha value is -2.69. The van der Waals surface area contributed by atoms with Crippen LogP contribution in [-0.4, -0.2) is 27.5 Å². The monoisotopic (exact) mass is 401 g/mol. The van der Waals surface area contributed by atoms with E-state index < -0.39 is 0 Å². The van der Waals surface area contributed by atoms with Crippen LogP contribution in [-0.2, 0) is 6.42 Å². The van der Waals surface area contributed by atoms with Crippen molar-refractivity contribution < 1.29 is 0 Å². The Balaban J connectivity index is 1.46. The first-order valence-electron chi connectivity index (χ1n) is 11.6. The summed E-state index contributed by atoms with van der Waals surface area (Å²) in [5.74, 6) is 2.62. The largest absolute Gasteiger partial charge is 0.353 e. The highest BCUT2D eigenvalue weighted by Gasteiger charge is 2.34. The molecule has 2 fully saturated rings. The van der Waals surface area contributed by atoms with Crippen LogP contribution in [0.5, 0.6) is 0 Å². The van der Waals surface area contributed by atoms with Gasteiger partial charge in [0.2, 0.25) is 5.95 Å². The van der Waals surface area contributed by atoms with Crippen molar-refractivity contribution in [3.05, 3.63) is 48.3 Å². The maximum Gasteiger partial charge on any atom is 0.229 e. The number of aryl methyl sites for hydroxylation is 1. The number of benzene rings is 1. The summed E-state index contributed by atoms with van der Waals surface area (Å²) in [4.78, 5) is 17.0. The number of aromatic nitrogens is 3. The minimum atomic E-state index is 0.645. The van der Waals surface area contributed by atoms with Crippen LogP contribution >= 0.6 is 0 Å². The Morgan fingerprint density at radius 3 is 2.83 bits per heavy atom. The summed E-state index contributed by atoms with van der Waals surface area (Å²) in [6.45, 7) is 3.32. The molecule has 156 valence electrons. The van der Waals surface area contributed by atoms with Crippen molar-refractivity contribution >= 4 is 28.4 Å². The number of hydrogen-bond donors (Lipinski definition) is 1. The number of pyridine rings is 1. The average molecular weight is 402 g/mol. The van der Waals surface area contributed by atoms with Crippen LogP contribution in [0.3, 0.4) is 0 Å². The Morgan fingerprint density at radius 1 is 1.03 bits per heavy atom. The first-order valence-corrected chi connectivity index (χ1v) is 11.6. The lowest BCUT2D eigenvalue weighted by atomic mass is 9.78. The van der Waals surface area contributed by atoms with Gasteiger partial charge >= 0.3 is 0 Å². The second kappa shape index (κ2) is 8.58. The van der Waals surface area contributed by atoms with E-state index in [9.17, 15) is 0 Å². The normalized spacial score (nSPS) is 21.4. The highest BCUT2D eigenvalue weighted by Crippen LogP contribution is 2.37. The molecule has 30 heavy (non-hydrogen) atoms. The summed E-state index contributed by atoms with van der Waals surface area (Å²) in [5, 5.41) is 4.55. The molecule has 5 rings (SSSR count). The van der Waals surface area contributed by atoms with Gasteiger partial charge in [-0.25, -0.2) is 4.98 Å². The van der Waals surface area contributed by atoms with E-state index in [1.165, 1.54) is 38.5 Å². The van der Waals surface area contributed by atoms with Crippen LogP contribution in [0.4, 0.5) is 17.5 Å². The molecule has 1 aromatic carbocycles. The van der Waals surface area contributed by atoms with Gasteiger partial charge < -0.3 is 10.2 Å². The first kappa shape index (κ1) is 19.3. The molecule has 0 bridgehead atoms. The molecule has 5 nitrogen and oxygen atoms in total. The molecular formula is C25H31N5. The molecular weight excluding hydrogens is 370 g/mol. The van der Waals surface area contributed by atoms with E-state index in [0.717, 1.165) is 53.4 Å². The van der Waals surface area contributed by atoms with Gasteiger partial charge in [-0.1, -0.05) is 44.4 Å². The highest BCUT2D eigenvalue weighted by molar-refractivity contribution is 5.82. The lowest BCUT2D eigenvalue weighted by Crippen LogP contribution is -2.47. The van der Waals surface area contributed by atoms with Crippen LogP contribution in [0.15, 0.2) is 42.6 Å². The zero-order chi connectivity index (χ0) is 20.3. The average Bonchev–Trinajstić information content (AvgIpc) is 2.79. The van der Waals surface area contributed by atoms with Crippen LogP contribution in [0.25, 0.3) is 10.9 Å². The zero-order valence-electron chi connectivity index (χ0n) is 17.8. The van der Waals surface area contributed by atoms with Gasteiger partial charge in [-0.15, -0.1) is 0 Å². The van der Waals surface area contributed by atoms with E-state index in [-0.39, 0.29) is 0 Å². The lowest BCUT2D eigenvalue weighted by molar-refractivity contribution is 0.242. The minimum Gasteiger partial charge on any atom is -0.353 e. The van der Waals surface area contributed by atoms with Gasteiger partial charge in [0, 0.05) is 29.7 Å². The topological polar surface area (TPSA) is 53.9 Å². The number of piperidine rings is 1. The number of nitrogens with one attached hydrogen (secondary N) is 1. The molecule has 0 radical (unpaired) electrons. The van der Waals surface area contributed by atoms with Gasteiger partial charge in [-0.2, -0.15) is 4.98 Å². The smallest absolute Gasteiger partial charge is 0.229 e. The minimum absolute atomic E-state index is 0.645. The quantitative estimate of drug-likeness (QED) is 0.578. The van der Waals surface area contributed by atoms with Crippen LogP contribution < -0.4 is 10.2 Å². The summed E-state index contributed by atoms with van der Waals surface area (Å²) in [7, 11) is 0. The standard InChI is InChI=1S/C25H31N5/c1-2-8-20-16-24(30-14-7-11-18-9-4-6-13-23(18)30)29-25(27-20)28-21-15-19-10-3-5-12-22(19)26-17-21/h3,5,10,12,15-18,23H,2,4,6-9,11,13-14H2,1H3,(H,27,28,29). The fourth-order valence-electron chi connectivity index (χ4n) is 5.25. The van der Waals surface area contributed by atoms with E-state index in [2.05, 4.69) is 40.3 Å². The third-order valence-corrected chi connectivity index (χ3v) is 6.66. The maximum atomic E-state index is 4.98. The van der Waals surface area contributed by atoms with E-state index in [4.69, 9.17) is 9.97 Å². The van der Waals surface area contributed by atoms with Crippen molar-refractivity contribution in [2.75, 3.05) is 16.8 Å². The van der Waals surface area contributed by atoms with Crippen LogP contribution in [0, 0.1) is 5.92 Å². The summed E-state index contributed by atoms with van der Waals surface area (Å²) in [5.41, 5.74) is 3.06. The second-order valence-electron chi connectivity index (χ2n) is 8.78. The highest BCUT2D eigenvalue weighted by atomic mass is 15.3. The molecule has 0 amide bonds. The Labute approximate surface area is 179 Å². The number of rotatable bonds is 5. The second-order valence-corrected chi connectivity index (χ2v) is 8.78. The number of fused-ring (bicyclic) bond motifs is 2. The molecule has 2 aliphatic rings. The SMILES string of the molecule is CCCc1cc(N2CCCC3CCCCC32)nc(Nc2cnc3ccccc3c2)n1. The molecule has 2 atom stereocenters. The number of para-hydroxylation sites is 1. The Morgan fingerprint density at radius 2 is 1.90 bits per heavy atom. The van der Waals surface area contributed by atoms with Crippen molar-refractivity contribution in [2.45, 2.75) is 64.3 Å². The van der Waals surface area contributed by atoms with Crippen LogP contribution in [0.1, 0.15) is 57.6 Å². The molecule has 2 aromatic heterocycles. The molecule has 5 heteroatoms. The maximum absolute atomic E-state index is 4.98. The van der Waals surface area contributed by atoms with Gasteiger partial charge in [0.1, 0.15) is 5.82 Å². The van der Waals surface area contributed by atoms with E-state index in [0.29, 0.717) is 12.0 Å². The molecule has 1 saturated heterocycles. The fourth-order valence-corrected chi connectivity index (χ4v) is 5.25.